The van der Waals surface area contributed by atoms with Gasteiger partial charge in [-0.2, -0.15) is 11.8 Å². The molecule has 0 bridgehead atoms. The number of nitrogens with zero attached hydrogens (tertiary/aromatic N) is 1. The van der Waals surface area contributed by atoms with Gasteiger partial charge >= 0.3 is 0 Å². The number of thioether (sulfide) groups is 1. The van der Waals surface area contributed by atoms with Crippen molar-refractivity contribution in [2.24, 2.45) is 0 Å². The van der Waals surface area contributed by atoms with Crippen molar-refractivity contribution in [2.45, 2.75) is 12.2 Å². The van der Waals surface area contributed by atoms with E-state index in [1.807, 2.05) is 24.0 Å². The van der Waals surface area contributed by atoms with Gasteiger partial charge in [-0.1, -0.05) is 24.3 Å². The van der Waals surface area contributed by atoms with Crippen molar-refractivity contribution in [3.8, 4) is 0 Å². The van der Waals surface area contributed by atoms with E-state index in [-0.39, 0.29) is 6.61 Å². The monoisotopic (exact) mass is 233 g/mol. The van der Waals surface area contributed by atoms with Crippen molar-refractivity contribution in [2.75, 3.05) is 12.4 Å². The van der Waals surface area contributed by atoms with Crippen molar-refractivity contribution < 1.29 is 5.11 Å². The molecule has 0 spiro atoms. The molecule has 0 aliphatic carbocycles. The van der Waals surface area contributed by atoms with Crippen LogP contribution in [0.25, 0.3) is 10.9 Å². The van der Waals surface area contributed by atoms with Crippen molar-refractivity contribution >= 4 is 22.7 Å². The SMILES string of the molecule is OCCCSCc1cccc2cccnc12. The minimum Gasteiger partial charge on any atom is -0.396 e. The van der Waals surface area contributed by atoms with Crippen LogP contribution in [0.2, 0.25) is 0 Å². The normalized spacial score (nSPS) is 10.8. The quantitative estimate of drug-likeness (QED) is 0.806. The lowest BCUT2D eigenvalue weighted by molar-refractivity contribution is 0.296. The number of aliphatic hydroxyl groups excluding tert-OH is 1. The highest BCUT2D eigenvalue weighted by Gasteiger charge is 2.01. The van der Waals surface area contributed by atoms with Gasteiger partial charge in [0, 0.05) is 23.9 Å². The Morgan fingerprint density at radius 3 is 2.94 bits per heavy atom. The molecule has 0 amide bonds. The Bertz CT molecular complexity index is 453. The van der Waals surface area contributed by atoms with Gasteiger partial charge in [0.05, 0.1) is 5.52 Å². The Balaban J connectivity index is 2.11. The summed E-state index contributed by atoms with van der Waals surface area (Å²) >= 11 is 1.85. The van der Waals surface area contributed by atoms with Gasteiger partial charge in [-0.3, -0.25) is 4.98 Å². The molecule has 16 heavy (non-hydrogen) atoms. The first-order valence-corrected chi connectivity index (χ1v) is 6.58. The highest BCUT2D eigenvalue weighted by Crippen LogP contribution is 2.20. The molecule has 2 nitrogen and oxygen atoms in total. The third-order valence-electron chi connectivity index (χ3n) is 2.42. The molecule has 2 rings (SSSR count). The van der Waals surface area contributed by atoms with Gasteiger partial charge in [0.25, 0.3) is 0 Å². The second-order valence-corrected chi connectivity index (χ2v) is 4.73. The summed E-state index contributed by atoms with van der Waals surface area (Å²) in [5.41, 5.74) is 2.38. The molecular formula is C13H15NOS. The van der Waals surface area contributed by atoms with Gasteiger partial charge in [-0.05, 0) is 23.8 Å². The Morgan fingerprint density at radius 1 is 1.19 bits per heavy atom. The number of rotatable bonds is 5. The summed E-state index contributed by atoms with van der Waals surface area (Å²) in [4.78, 5) is 4.42. The fourth-order valence-corrected chi connectivity index (χ4v) is 2.56. The number of fused-ring (bicyclic) bond motifs is 1. The van der Waals surface area contributed by atoms with E-state index in [9.17, 15) is 0 Å². The van der Waals surface area contributed by atoms with Crippen LogP contribution >= 0.6 is 11.8 Å². The first-order valence-electron chi connectivity index (χ1n) is 5.43. The van der Waals surface area contributed by atoms with Crippen LogP contribution < -0.4 is 0 Å². The molecular weight excluding hydrogens is 218 g/mol. The summed E-state index contributed by atoms with van der Waals surface area (Å²) in [7, 11) is 0. The maximum atomic E-state index is 8.71. The summed E-state index contributed by atoms with van der Waals surface area (Å²) < 4.78 is 0. The summed E-state index contributed by atoms with van der Waals surface area (Å²) in [5.74, 6) is 1.97. The van der Waals surface area contributed by atoms with E-state index in [0.29, 0.717) is 0 Å². The van der Waals surface area contributed by atoms with Crippen LogP contribution in [0, 0.1) is 0 Å². The third-order valence-corrected chi connectivity index (χ3v) is 3.51. The molecule has 0 radical (unpaired) electrons. The predicted octanol–water partition coefficient (Wildman–Crippen LogP) is 2.85. The standard InChI is InChI=1S/C13H15NOS/c15-8-3-9-16-10-12-5-1-4-11-6-2-7-14-13(11)12/h1-2,4-7,15H,3,8-10H2. The summed E-state index contributed by atoms with van der Waals surface area (Å²) in [6.45, 7) is 0.279. The van der Waals surface area contributed by atoms with Crippen LogP contribution in [0.5, 0.6) is 0 Å². The number of aromatic nitrogens is 1. The fourth-order valence-electron chi connectivity index (χ4n) is 1.63. The van der Waals surface area contributed by atoms with Crippen LogP contribution in [0.3, 0.4) is 0 Å². The molecule has 84 valence electrons. The van der Waals surface area contributed by atoms with E-state index in [1.54, 1.807) is 0 Å². The van der Waals surface area contributed by atoms with Gasteiger partial charge in [-0.25, -0.2) is 0 Å². The van der Waals surface area contributed by atoms with Crippen molar-refractivity contribution in [1.82, 2.24) is 4.98 Å². The molecule has 0 saturated heterocycles. The van der Waals surface area contributed by atoms with Gasteiger partial charge in [-0.15, -0.1) is 0 Å². The van der Waals surface area contributed by atoms with Crippen LogP contribution in [-0.4, -0.2) is 22.5 Å². The van der Waals surface area contributed by atoms with E-state index in [1.165, 1.54) is 10.9 Å². The van der Waals surface area contributed by atoms with Gasteiger partial charge in [0.2, 0.25) is 0 Å². The van der Waals surface area contributed by atoms with Gasteiger partial charge in [0.1, 0.15) is 0 Å². The Kier molecular flexibility index (Phi) is 4.19. The van der Waals surface area contributed by atoms with Crippen LogP contribution in [0.4, 0.5) is 0 Å². The molecule has 0 saturated carbocycles. The Hall–Kier alpha value is -1.06. The van der Waals surface area contributed by atoms with E-state index in [2.05, 4.69) is 29.2 Å². The second-order valence-electron chi connectivity index (χ2n) is 3.62. The molecule has 0 fully saturated rings. The number of hydrogen-bond donors (Lipinski definition) is 1. The van der Waals surface area contributed by atoms with Crippen LogP contribution in [0.1, 0.15) is 12.0 Å². The maximum Gasteiger partial charge on any atom is 0.0742 e. The summed E-state index contributed by atoms with van der Waals surface area (Å²) in [6.07, 6.45) is 2.70. The highest BCUT2D eigenvalue weighted by molar-refractivity contribution is 7.98. The average molecular weight is 233 g/mol. The number of hydrogen-bond acceptors (Lipinski definition) is 3. The van der Waals surface area contributed by atoms with Crippen LogP contribution in [-0.2, 0) is 5.75 Å². The van der Waals surface area contributed by atoms with Gasteiger partial charge < -0.3 is 5.11 Å². The Morgan fingerprint density at radius 2 is 2.06 bits per heavy atom. The maximum absolute atomic E-state index is 8.71. The lowest BCUT2D eigenvalue weighted by Crippen LogP contribution is -1.90. The molecule has 0 aliphatic heterocycles. The number of benzene rings is 1. The molecule has 1 aromatic heterocycles. The fraction of sp³-hybridized carbons (Fsp3) is 0.308. The first-order chi connectivity index (χ1) is 7.92. The molecule has 1 aromatic carbocycles. The van der Waals surface area contributed by atoms with E-state index < -0.39 is 0 Å². The Labute approximate surface area is 99.7 Å². The molecule has 1 heterocycles. The zero-order valence-corrected chi connectivity index (χ0v) is 9.91. The number of pyridine rings is 1. The zero-order valence-electron chi connectivity index (χ0n) is 9.10. The van der Waals surface area contributed by atoms with Gasteiger partial charge in [0.15, 0.2) is 0 Å². The molecule has 3 heteroatoms. The topological polar surface area (TPSA) is 33.1 Å². The second kappa shape index (κ2) is 5.87. The molecule has 2 aromatic rings. The minimum absolute atomic E-state index is 0.279. The summed E-state index contributed by atoms with van der Waals surface area (Å²) in [5, 5.41) is 9.91. The third kappa shape index (κ3) is 2.74. The van der Waals surface area contributed by atoms with Crippen LogP contribution in [0.15, 0.2) is 36.5 Å². The molecule has 0 aliphatic rings. The first kappa shape index (κ1) is 11.4. The van der Waals surface area contributed by atoms with Crippen molar-refractivity contribution in [1.29, 1.82) is 0 Å². The highest BCUT2D eigenvalue weighted by atomic mass is 32.2. The average Bonchev–Trinajstić information content (AvgIpc) is 2.35. The lowest BCUT2D eigenvalue weighted by atomic mass is 10.1. The lowest BCUT2D eigenvalue weighted by Gasteiger charge is -2.04. The van der Waals surface area contributed by atoms with E-state index >= 15 is 0 Å². The van der Waals surface area contributed by atoms with E-state index in [4.69, 9.17) is 5.11 Å². The number of aliphatic hydroxyl groups is 1. The minimum atomic E-state index is 0.279. The predicted molar refractivity (Wildman–Crippen MR) is 69.6 cm³/mol. The molecule has 1 N–H and O–H groups in total. The van der Waals surface area contributed by atoms with E-state index in [0.717, 1.165) is 23.4 Å². The smallest absolute Gasteiger partial charge is 0.0742 e. The molecule has 0 unspecified atom stereocenters. The largest absolute Gasteiger partial charge is 0.396 e. The van der Waals surface area contributed by atoms with Crippen molar-refractivity contribution in [3.63, 3.8) is 0 Å². The molecule has 0 atom stereocenters. The number of para-hydroxylation sites is 1. The van der Waals surface area contributed by atoms with Crippen molar-refractivity contribution in [3.05, 3.63) is 42.1 Å². The zero-order chi connectivity index (χ0) is 11.2. The summed E-state index contributed by atoms with van der Waals surface area (Å²) in [6, 6.07) is 10.3.